The number of nitrogens with one attached hydrogen (secondary N) is 2. The summed E-state index contributed by atoms with van der Waals surface area (Å²) in [5.41, 5.74) is 16.5. The van der Waals surface area contributed by atoms with Crippen molar-refractivity contribution in [2.24, 2.45) is 0 Å². The monoisotopic (exact) mass is 963 g/mol. The number of carbonyl (C=O) groups excluding carboxylic acids is 3. The lowest BCUT2D eigenvalue weighted by Crippen LogP contribution is -2.47. The molecule has 7 rings (SSSR count). The summed E-state index contributed by atoms with van der Waals surface area (Å²) in [6.45, 7) is 6.63. The molecule has 2 amide bonds. The number of unbranched alkanes of at least 4 members (excludes halogenated alkanes) is 2. The minimum absolute atomic E-state index is 0.00859. The van der Waals surface area contributed by atoms with Gasteiger partial charge in [-0.05, 0) is 31.0 Å². The van der Waals surface area contributed by atoms with Crippen LogP contribution < -0.4 is 31.9 Å². The molecule has 5 aromatic heterocycles. The zero-order chi connectivity index (χ0) is 48.9. The number of ketones is 1. The van der Waals surface area contributed by atoms with Crippen molar-refractivity contribution < 1.29 is 42.5 Å². The number of ether oxygens (including phenoxy) is 5. The summed E-state index contributed by atoms with van der Waals surface area (Å²) in [5.74, 6) is 3.55. The number of rotatable bonds is 28. The molecule has 24 heteroatoms. The number of benzene rings is 1. The molecular formula is C46H57N15O9. The minimum Gasteiger partial charge on any atom is -0.436 e. The number of fused-ring (bicyclic) bond motifs is 2. The molecule has 1 aliphatic rings. The van der Waals surface area contributed by atoms with Crippen molar-refractivity contribution in [2.45, 2.75) is 45.2 Å². The maximum atomic E-state index is 13.1. The van der Waals surface area contributed by atoms with E-state index in [9.17, 15) is 14.4 Å². The average molecular weight is 964 g/mol. The SMILES string of the molecule is C#CCOC(=O)NCCOCCOCCOCCOCCC(=O)NCc1cnc(N2CCN(c3ncc(C(=O)CCCCCn4nc(-c5ccc6oc(N)nc6c5)c5c(N)ncnc54)cn3)CC2)nc1. The summed E-state index contributed by atoms with van der Waals surface area (Å²) < 4.78 is 33.7. The maximum absolute atomic E-state index is 13.1. The fourth-order valence-electron chi connectivity index (χ4n) is 7.29. The Hall–Kier alpha value is -7.59. The van der Waals surface area contributed by atoms with Crippen molar-refractivity contribution in [1.29, 1.82) is 0 Å². The van der Waals surface area contributed by atoms with Gasteiger partial charge in [0, 0.05) is 94.6 Å². The van der Waals surface area contributed by atoms with Crippen LogP contribution in [0.4, 0.5) is 28.5 Å². The maximum Gasteiger partial charge on any atom is 0.408 e. The van der Waals surface area contributed by atoms with E-state index in [1.807, 2.05) is 16.8 Å². The standard InChI is InChI=1S/C46H57N15O9/c1-2-16-69-46(64)49-10-18-66-20-22-68-24-23-67-21-19-65-17-9-38(63)50-26-32-27-51-44(52-28-32)59-12-14-60(15-13-59)45-53-29-34(30-54-45)36(62)6-4-3-5-11-61-42-39(41(47)55-31-56-42)40(58-61)33-7-8-37-35(25-33)57-43(48)70-37/h1,7-8,25,27-31H,3-6,9-24,26H2,(H2,48,57)(H,49,64)(H,50,63)(H2,47,55,56). The first kappa shape index (κ1) is 50.3. The highest BCUT2D eigenvalue weighted by Gasteiger charge is 2.22. The first-order valence-corrected chi connectivity index (χ1v) is 23.0. The van der Waals surface area contributed by atoms with Crippen LogP contribution >= 0.6 is 0 Å². The summed E-state index contributed by atoms with van der Waals surface area (Å²) in [4.78, 5) is 71.8. The molecule has 0 bridgehead atoms. The van der Waals surface area contributed by atoms with E-state index >= 15 is 0 Å². The third-order valence-corrected chi connectivity index (χ3v) is 10.9. The molecular weight excluding hydrogens is 907 g/mol. The van der Waals surface area contributed by atoms with Crippen molar-refractivity contribution in [3.63, 3.8) is 0 Å². The molecule has 70 heavy (non-hydrogen) atoms. The predicted molar refractivity (Wildman–Crippen MR) is 256 cm³/mol. The Labute approximate surface area is 403 Å². The number of alkyl carbamates (subject to hydrolysis) is 1. The Morgan fingerprint density at radius 3 is 2.10 bits per heavy atom. The van der Waals surface area contributed by atoms with E-state index in [1.165, 1.54) is 6.33 Å². The van der Waals surface area contributed by atoms with Gasteiger partial charge in [-0.15, -0.1) is 6.42 Å². The Morgan fingerprint density at radius 2 is 1.41 bits per heavy atom. The number of aromatic nitrogens is 9. The summed E-state index contributed by atoms with van der Waals surface area (Å²) in [6, 6.07) is 5.60. The number of oxazole rings is 1. The van der Waals surface area contributed by atoms with Crippen LogP contribution in [-0.4, -0.2) is 155 Å². The molecule has 0 unspecified atom stereocenters. The Balaban J connectivity index is 0.716. The molecule has 0 atom stereocenters. The molecule has 6 aromatic rings. The number of hydrogen-bond donors (Lipinski definition) is 4. The van der Waals surface area contributed by atoms with Crippen molar-refractivity contribution >= 4 is 63.6 Å². The summed E-state index contributed by atoms with van der Waals surface area (Å²) in [7, 11) is 0. The molecule has 6 N–H and O–H groups in total. The lowest BCUT2D eigenvalue weighted by atomic mass is 10.1. The third-order valence-electron chi connectivity index (χ3n) is 10.9. The van der Waals surface area contributed by atoms with Crippen LogP contribution in [0, 0.1) is 12.3 Å². The minimum atomic E-state index is -0.584. The molecule has 0 aliphatic carbocycles. The molecule has 0 spiro atoms. The van der Waals surface area contributed by atoms with Gasteiger partial charge in [-0.1, -0.05) is 12.3 Å². The molecule has 1 aliphatic heterocycles. The number of anilines is 4. The third kappa shape index (κ3) is 14.7. The second-order valence-electron chi connectivity index (χ2n) is 15.8. The van der Waals surface area contributed by atoms with Gasteiger partial charge in [0.1, 0.15) is 23.4 Å². The molecule has 1 fully saturated rings. The van der Waals surface area contributed by atoms with Crippen LogP contribution in [0.3, 0.4) is 0 Å². The zero-order valence-electron chi connectivity index (χ0n) is 38.8. The fourth-order valence-corrected chi connectivity index (χ4v) is 7.29. The second kappa shape index (κ2) is 26.2. The fraction of sp³-hybridized carbons (Fsp3) is 0.457. The van der Waals surface area contributed by atoms with Gasteiger partial charge in [-0.3, -0.25) is 9.59 Å². The number of nitrogen functional groups attached to an aromatic ring is 2. The highest BCUT2D eigenvalue weighted by molar-refractivity contribution is 5.99. The van der Waals surface area contributed by atoms with Crippen LogP contribution in [0.5, 0.6) is 0 Å². The van der Waals surface area contributed by atoms with Crippen molar-refractivity contribution in [3.8, 4) is 23.6 Å². The number of terminal acetylenes is 1. The molecule has 24 nitrogen and oxygen atoms in total. The number of nitrogens with zero attached hydrogens (tertiary/aromatic N) is 11. The number of aryl methyl sites for hydroxylation is 1. The van der Waals surface area contributed by atoms with E-state index < -0.39 is 6.09 Å². The van der Waals surface area contributed by atoms with Gasteiger partial charge in [-0.25, -0.2) is 39.4 Å². The number of amides is 2. The normalized spacial score (nSPS) is 12.6. The van der Waals surface area contributed by atoms with Crippen LogP contribution in [0.15, 0.2) is 53.7 Å². The highest BCUT2D eigenvalue weighted by Crippen LogP contribution is 2.32. The van der Waals surface area contributed by atoms with Crippen molar-refractivity contribution in [3.05, 3.63) is 60.4 Å². The van der Waals surface area contributed by atoms with Crippen LogP contribution in [0.2, 0.25) is 0 Å². The van der Waals surface area contributed by atoms with Gasteiger partial charge in [-0.2, -0.15) is 10.1 Å². The van der Waals surface area contributed by atoms with Crippen LogP contribution in [0.25, 0.3) is 33.4 Å². The summed E-state index contributed by atoms with van der Waals surface area (Å²) >= 11 is 0. The van der Waals surface area contributed by atoms with E-state index in [2.05, 4.69) is 66.0 Å². The topological polar surface area (TPSA) is 301 Å². The van der Waals surface area contributed by atoms with Gasteiger partial charge in [0.2, 0.25) is 17.8 Å². The van der Waals surface area contributed by atoms with Gasteiger partial charge < -0.3 is 60.0 Å². The van der Waals surface area contributed by atoms with E-state index in [0.717, 1.165) is 24.0 Å². The highest BCUT2D eigenvalue weighted by atomic mass is 16.6. The number of hydrogen-bond acceptors (Lipinski definition) is 21. The number of nitrogens with two attached hydrogens (primary N) is 2. The lowest BCUT2D eigenvalue weighted by Gasteiger charge is -2.34. The van der Waals surface area contributed by atoms with E-state index in [1.54, 1.807) is 30.9 Å². The number of piperazine rings is 1. The van der Waals surface area contributed by atoms with E-state index in [0.29, 0.717) is 156 Å². The van der Waals surface area contributed by atoms with Gasteiger partial charge in [0.25, 0.3) is 6.01 Å². The average Bonchev–Trinajstić information content (AvgIpc) is 3.96. The Bertz CT molecular complexity index is 2670. The van der Waals surface area contributed by atoms with Gasteiger partial charge >= 0.3 is 6.09 Å². The zero-order valence-corrected chi connectivity index (χ0v) is 38.8. The quantitative estimate of drug-likeness (QED) is 0.0312. The number of carbonyl (C=O) groups is 3. The Morgan fingerprint density at radius 1 is 0.757 bits per heavy atom. The van der Waals surface area contributed by atoms with E-state index in [4.69, 9.17) is 46.4 Å². The van der Waals surface area contributed by atoms with Gasteiger partial charge in [0.05, 0.1) is 63.8 Å². The van der Waals surface area contributed by atoms with Gasteiger partial charge in [0.15, 0.2) is 23.6 Å². The van der Waals surface area contributed by atoms with Crippen LogP contribution in [0.1, 0.15) is 48.0 Å². The molecule has 370 valence electrons. The van der Waals surface area contributed by atoms with Crippen molar-refractivity contribution in [1.82, 2.24) is 55.3 Å². The second-order valence-corrected chi connectivity index (χ2v) is 15.8. The van der Waals surface area contributed by atoms with E-state index in [-0.39, 0.29) is 37.3 Å². The largest absolute Gasteiger partial charge is 0.436 e. The lowest BCUT2D eigenvalue weighted by molar-refractivity contribution is -0.122. The summed E-state index contributed by atoms with van der Waals surface area (Å²) in [5, 5.41) is 10.9. The summed E-state index contributed by atoms with van der Waals surface area (Å²) in [6.07, 6.45) is 15.3. The molecule has 0 saturated carbocycles. The predicted octanol–water partition coefficient (Wildman–Crippen LogP) is 2.58. The number of Topliss-reactive ketones (excluding diaryl/α,β-unsaturated/α-hetero) is 1. The molecule has 1 saturated heterocycles. The van der Waals surface area contributed by atoms with Crippen molar-refractivity contribution in [2.75, 3.05) is 113 Å². The smallest absolute Gasteiger partial charge is 0.408 e. The first-order valence-electron chi connectivity index (χ1n) is 23.0. The van der Waals surface area contributed by atoms with Crippen LogP contribution in [-0.2, 0) is 41.6 Å². The molecule has 0 radical (unpaired) electrons. The molecule has 1 aromatic carbocycles. The Kier molecular flexibility index (Phi) is 18.9. The molecule has 6 heterocycles. The first-order chi connectivity index (χ1) is 34.2.